The van der Waals surface area contributed by atoms with Crippen molar-refractivity contribution in [2.45, 2.75) is 90.9 Å². The Kier molecular flexibility index (Phi) is 5.04. The van der Waals surface area contributed by atoms with E-state index in [1.54, 1.807) is 0 Å². The van der Waals surface area contributed by atoms with Gasteiger partial charge in [-0.05, 0) is 86.2 Å². The van der Waals surface area contributed by atoms with Crippen LogP contribution in [0.2, 0.25) is 0 Å². The summed E-state index contributed by atoms with van der Waals surface area (Å²) in [4.78, 5) is 0. The number of hydrogen-bond donors (Lipinski definition) is 1. The molecule has 3 rings (SSSR count). The number of unbranched alkanes of at least 4 members (excludes halogenated alkanes) is 2. The maximum Gasteiger partial charge on any atom is 0.121 e. The van der Waals surface area contributed by atoms with E-state index in [1.165, 1.54) is 64.2 Å². The minimum atomic E-state index is 0.586. The minimum absolute atomic E-state index is 0.586. The van der Waals surface area contributed by atoms with Crippen LogP contribution < -0.4 is 0 Å². The van der Waals surface area contributed by atoms with E-state index in [-0.39, 0.29) is 0 Å². The summed E-state index contributed by atoms with van der Waals surface area (Å²) in [6.07, 6.45) is 15.5. The molecule has 2 aliphatic rings. The van der Waals surface area contributed by atoms with Crippen molar-refractivity contribution in [2.75, 3.05) is 0 Å². The Balaban J connectivity index is 1.41. The molecule has 0 aromatic heterocycles. The normalized spacial score (nSPS) is 20.4. The van der Waals surface area contributed by atoms with Crippen LogP contribution in [0.25, 0.3) is 0 Å². The lowest BCUT2D eigenvalue weighted by Gasteiger charge is -2.12. The number of aryl methyl sites for hydroxylation is 2. The van der Waals surface area contributed by atoms with Crippen LogP contribution in [0.5, 0.6) is 5.75 Å². The molecule has 2 saturated carbocycles. The van der Waals surface area contributed by atoms with E-state index < -0.39 is 0 Å². The Bertz CT molecular complexity index is 479. The molecule has 1 N–H and O–H groups in total. The summed E-state index contributed by atoms with van der Waals surface area (Å²) in [5, 5.41) is 10.5. The van der Waals surface area contributed by atoms with Gasteiger partial charge in [0.05, 0.1) is 0 Å². The number of hydrogen-bond acceptors (Lipinski definition) is 1. The van der Waals surface area contributed by atoms with E-state index in [1.807, 2.05) is 0 Å². The summed E-state index contributed by atoms with van der Waals surface area (Å²) in [6.45, 7) is 4.82. The quantitative estimate of drug-likeness (QED) is 0.494. The minimum Gasteiger partial charge on any atom is -0.507 e. The maximum atomic E-state index is 10.5. The number of phenolic OH excluding ortho intramolecular Hbond substituents is 1. The first-order valence-electron chi connectivity index (χ1n) is 9.80. The Hall–Kier alpha value is -0.980. The lowest BCUT2D eigenvalue weighted by molar-refractivity contribution is 0.448. The van der Waals surface area contributed by atoms with Crippen molar-refractivity contribution in [2.24, 2.45) is 10.8 Å². The molecule has 0 saturated heterocycles. The van der Waals surface area contributed by atoms with Gasteiger partial charge in [0.25, 0.3) is 0 Å². The second-order valence-corrected chi connectivity index (χ2v) is 8.96. The first-order valence-corrected chi connectivity index (χ1v) is 9.80. The van der Waals surface area contributed by atoms with Gasteiger partial charge in [-0.3, -0.25) is 0 Å². The zero-order valence-corrected chi connectivity index (χ0v) is 15.2. The largest absolute Gasteiger partial charge is 0.507 e. The fraction of sp³-hybridized carbons (Fsp3) is 0.727. The molecule has 23 heavy (non-hydrogen) atoms. The second kappa shape index (κ2) is 6.87. The monoisotopic (exact) mass is 314 g/mol. The highest BCUT2D eigenvalue weighted by Crippen LogP contribution is 2.49. The van der Waals surface area contributed by atoms with E-state index in [9.17, 15) is 5.11 Å². The number of phenols is 1. The first-order chi connectivity index (χ1) is 11.0. The summed E-state index contributed by atoms with van der Waals surface area (Å²) < 4.78 is 0. The van der Waals surface area contributed by atoms with Gasteiger partial charge in [0.15, 0.2) is 0 Å². The molecular formula is C22H34O. The molecule has 1 nitrogen and oxygen atoms in total. The van der Waals surface area contributed by atoms with Gasteiger partial charge in [-0.2, -0.15) is 0 Å². The van der Waals surface area contributed by atoms with Gasteiger partial charge in [0, 0.05) is 0 Å². The fourth-order valence-electron chi connectivity index (χ4n) is 3.71. The maximum absolute atomic E-state index is 10.5. The summed E-state index contributed by atoms with van der Waals surface area (Å²) in [6, 6.07) is 6.36. The molecular weight excluding hydrogens is 280 g/mol. The van der Waals surface area contributed by atoms with E-state index in [2.05, 4.69) is 32.0 Å². The summed E-state index contributed by atoms with van der Waals surface area (Å²) in [7, 11) is 0. The Morgan fingerprint density at radius 3 is 1.61 bits per heavy atom. The topological polar surface area (TPSA) is 20.2 Å². The average molecular weight is 315 g/mol. The van der Waals surface area contributed by atoms with Gasteiger partial charge in [0.2, 0.25) is 0 Å². The molecule has 0 spiro atoms. The number of benzene rings is 1. The number of para-hydroxylation sites is 1. The van der Waals surface area contributed by atoms with Crippen molar-refractivity contribution in [1.29, 1.82) is 0 Å². The Morgan fingerprint density at radius 2 is 1.22 bits per heavy atom. The molecule has 0 heterocycles. The highest BCUT2D eigenvalue weighted by Gasteiger charge is 2.36. The molecule has 0 bridgehead atoms. The van der Waals surface area contributed by atoms with E-state index in [0.717, 1.165) is 24.0 Å². The molecule has 0 radical (unpaired) electrons. The zero-order valence-electron chi connectivity index (χ0n) is 15.2. The van der Waals surface area contributed by atoms with Crippen molar-refractivity contribution < 1.29 is 5.11 Å². The van der Waals surface area contributed by atoms with Crippen LogP contribution in [0.1, 0.15) is 89.2 Å². The third kappa shape index (κ3) is 4.99. The predicted octanol–water partition coefficient (Wildman–Crippen LogP) is 6.42. The van der Waals surface area contributed by atoms with Crippen LogP contribution in [0, 0.1) is 10.8 Å². The molecule has 1 heteroatoms. The second-order valence-electron chi connectivity index (χ2n) is 8.96. The highest BCUT2D eigenvalue weighted by molar-refractivity contribution is 5.40. The van der Waals surface area contributed by atoms with Gasteiger partial charge in [0.1, 0.15) is 5.75 Å². The van der Waals surface area contributed by atoms with Crippen LogP contribution in [0.15, 0.2) is 18.2 Å². The molecule has 128 valence electrons. The molecule has 0 amide bonds. The number of aromatic hydroxyl groups is 1. The Morgan fingerprint density at radius 1 is 0.783 bits per heavy atom. The molecule has 0 aliphatic heterocycles. The molecule has 2 aliphatic carbocycles. The van der Waals surface area contributed by atoms with Gasteiger partial charge in [-0.25, -0.2) is 0 Å². The molecule has 2 fully saturated rings. The third-order valence-electron chi connectivity index (χ3n) is 6.36. The van der Waals surface area contributed by atoms with Gasteiger partial charge < -0.3 is 5.11 Å². The van der Waals surface area contributed by atoms with E-state index >= 15 is 0 Å². The van der Waals surface area contributed by atoms with Crippen molar-refractivity contribution in [1.82, 2.24) is 0 Å². The van der Waals surface area contributed by atoms with Gasteiger partial charge >= 0.3 is 0 Å². The Labute approximate surface area is 142 Å². The summed E-state index contributed by atoms with van der Waals surface area (Å²) in [5.74, 6) is 0.586. The van der Waals surface area contributed by atoms with Crippen LogP contribution in [0.4, 0.5) is 0 Å². The summed E-state index contributed by atoms with van der Waals surface area (Å²) in [5.41, 5.74) is 3.67. The van der Waals surface area contributed by atoms with E-state index in [4.69, 9.17) is 0 Å². The van der Waals surface area contributed by atoms with Crippen molar-refractivity contribution in [3.8, 4) is 5.75 Å². The predicted molar refractivity (Wildman–Crippen MR) is 97.9 cm³/mol. The SMILES string of the molecule is CC1(CCCCc2cccc(CCCCC3(C)CC3)c2O)CC1. The van der Waals surface area contributed by atoms with Gasteiger partial charge in [-0.15, -0.1) is 0 Å². The van der Waals surface area contributed by atoms with E-state index in [0.29, 0.717) is 16.6 Å². The highest BCUT2D eigenvalue weighted by atomic mass is 16.3. The lowest BCUT2D eigenvalue weighted by Crippen LogP contribution is -1.96. The molecule has 0 unspecified atom stereocenters. The van der Waals surface area contributed by atoms with Crippen LogP contribution in [0.3, 0.4) is 0 Å². The third-order valence-corrected chi connectivity index (χ3v) is 6.36. The molecule has 0 atom stereocenters. The molecule has 1 aromatic rings. The van der Waals surface area contributed by atoms with Crippen LogP contribution in [-0.4, -0.2) is 5.11 Å². The first kappa shape index (κ1) is 16.9. The smallest absolute Gasteiger partial charge is 0.121 e. The van der Waals surface area contributed by atoms with Crippen LogP contribution in [-0.2, 0) is 12.8 Å². The standard InChI is InChI=1S/C22H34O/c1-21(14-15-21)12-5-3-8-18-10-7-11-19(20(18)23)9-4-6-13-22(2)16-17-22/h7,10-11,23H,3-6,8-9,12-17H2,1-2H3. The summed E-state index contributed by atoms with van der Waals surface area (Å²) >= 11 is 0. The molecule has 1 aromatic carbocycles. The average Bonchev–Trinajstić information content (AvgIpc) is 3.44. The van der Waals surface area contributed by atoms with Gasteiger partial charge in [-0.1, -0.05) is 44.9 Å². The fourth-order valence-corrected chi connectivity index (χ4v) is 3.71. The van der Waals surface area contributed by atoms with Crippen molar-refractivity contribution in [3.05, 3.63) is 29.3 Å². The van der Waals surface area contributed by atoms with Crippen molar-refractivity contribution >= 4 is 0 Å². The zero-order chi connectivity index (χ0) is 16.3. The lowest BCUT2D eigenvalue weighted by atomic mass is 9.95. The number of rotatable bonds is 10. The van der Waals surface area contributed by atoms with Crippen molar-refractivity contribution in [3.63, 3.8) is 0 Å². The van der Waals surface area contributed by atoms with Crippen LogP contribution >= 0.6 is 0 Å².